The van der Waals surface area contributed by atoms with Crippen LogP contribution in [0.1, 0.15) is 50.8 Å². The second-order valence-corrected chi connectivity index (χ2v) is 13.1. The third-order valence-corrected chi connectivity index (χ3v) is 8.53. The number of nitrogens with one attached hydrogen (secondary N) is 4. The van der Waals surface area contributed by atoms with Gasteiger partial charge in [0, 0.05) is 52.8 Å². The van der Waals surface area contributed by atoms with Crippen LogP contribution in [0.4, 0.5) is 24.5 Å². The summed E-state index contributed by atoms with van der Waals surface area (Å²) in [5.74, 6) is 2.70. The first-order valence-electron chi connectivity index (χ1n) is 14.0. The summed E-state index contributed by atoms with van der Waals surface area (Å²) < 4.78 is 42.0. The summed E-state index contributed by atoms with van der Waals surface area (Å²) in [6, 6.07) is 8.41. The lowest BCUT2D eigenvalue weighted by Gasteiger charge is -2.28. The molecule has 0 unspecified atom stereocenters. The third kappa shape index (κ3) is 5.45. The van der Waals surface area contributed by atoms with Gasteiger partial charge in [-0.3, -0.25) is 15.0 Å². The van der Waals surface area contributed by atoms with Gasteiger partial charge in [0.25, 0.3) is 0 Å². The van der Waals surface area contributed by atoms with Crippen LogP contribution in [0.2, 0.25) is 10.0 Å². The molecule has 0 saturated heterocycles. The van der Waals surface area contributed by atoms with Crippen LogP contribution in [0.3, 0.4) is 0 Å². The van der Waals surface area contributed by atoms with Crippen molar-refractivity contribution in [1.82, 2.24) is 25.9 Å². The van der Waals surface area contributed by atoms with Gasteiger partial charge in [0.2, 0.25) is 0 Å². The molecule has 7 nitrogen and oxygen atoms in total. The molecule has 2 aliphatic rings. The molecule has 2 aromatic carbocycles. The van der Waals surface area contributed by atoms with Gasteiger partial charge < -0.3 is 16.1 Å². The van der Waals surface area contributed by atoms with E-state index in [2.05, 4.69) is 58.3 Å². The molecule has 44 heavy (non-hydrogen) atoms. The summed E-state index contributed by atoms with van der Waals surface area (Å²) in [6.07, 6.45) is 7.83. The number of hydrogen-bond acceptors (Lipinski definition) is 7. The van der Waals surface area contributed by atoms with Crippen molar-refractivity contribution in [1.29, 1.82) is 0 Å². The number of anilines is 2. The number of fused-ring (bicyclic) bond motifs is 2. The molecule has 4 aromatic rings. The molecule has 3 heterocycles. The topological polar surface area (TPSA) is 77.1 Å². The Morgan fingerprint density at radius 3 is 2.52 bits per heavy atom. The fourth-order valence-corrected chi connectivity index (χ4v) is 5.88. The SMILES string of the molecule is C#Cc1cnc2c(Cl)cc(N[C@H](C3=CN(C4(C(F)(F)F)CC4)NN3)c3ccc(Cl)c4cnccc34)cc2c1NCC(C)(C)C. The highest BCUT2D eigenvalue weighted by Gasteiger charge is 2.67. The van der Waals surface area contributed by atoms with Crippen molar-refractivity contribution in [2.45, 2.75) is 51.4 Å². The van der Waals surface area contributed by atoms with Crippen molar-refractivity contribution >= 4 is 56.3 Å². The minimum absolute atomic E-state index is 0.00225. The number of alkyl halides is 3. The predicted molar refractivity (Wildman–Crippen MR) is 170 cm³/mol. The van der Waals surface area contributed by atoms with Crippen molar-refractivity contribution in [3.63, 3.8) is 0 Å². The van der Waals surface area contributed by atoms with Crippen LogP contribution in [0.25, 0.3) is 21.7 Å². The number of aromatic nitrogens is 2. The zero-order chi connectivity index (χ0) is 31.4. The van der Waals surface area contributed by atoms with Gasteiger partial charge >= 0.3 is 6.18 Å². The first kappa shape index (κ1) is 30.1. The summed E-state index contributed by atoms with van der Waals surface area (Å²) in [4.78, 5) is 8.73. The number of hydrazine groups is 2. The van der Waals surface area contributed by atoms with Gasteiger partial charge in [0.15, 0.2) is 5.54 Å². The first-order valence-corrected chi connectivity index (χ1v) is 14.8. The molecule has 6 rings (SSSR count). The Morgan fingerprint density at radius 2 is 1.84 bits per heavy atom. The van der Waals surface area contributed by atoms with Crippen LogP contribution < -0.4 is 21.6 Å². The van der Waals surface area contributed by atoms with Crippen LogP contribution in [-0.4, -0.2) is 33.2 Å². The van der Waals surface area contributed by atoms with Crippen LogP contribution in [0.15, 0.2) is 60.8 Å². The summed E-state index contributed by atoms with van der Waals surface area (Å²) in [5.41, 5.74) is 7.45. The number of rotatable bonds is 7. The lowest BCUT2D eigenvalue weighted by atomic mass is 9.96. The van der Waals surface area contributed by atoms with Gasteiger partial charge in [-0.1, -0.05) is 56.0 Å². The molecule has 1 fully saturated rings. The van der Waals surface area contributed by atoms with Crippen LogP contribution in [0, 0.1) is 17.8 Å². The Bertz CT molecular complexity index is 1840. The average Bonchev–Trinajstić information content (AvgIpc) is 3.66. The molecule has 4 N–H and O–H groups in total. The van der Waals surface area contributed by atoms with E-state index in [1.165, 1.54) is 6.20 Å². The molecule has 0 spiro atoms. The normalized spacial score (nSPS) is 16.8. The number of pyridine rings is 2. The summed E-state index contributed by atoms with van der Waals surface area (Å²) in [6.45, 7) is 6.97. The van der Waals surface area contributed by atoms with Crippen molar-refractivity contribution < 1.29 is 13.2 Å². The van der Waals surface area contributed by atoms with E-state index in [4.69, 9.17) is 29.6 Å². The molecule has 1 aliphatic heterocycles. The lowest BCUT2D eigenvalue weighted by Crippen LogP contribution is -2.52. The maximum absolute atomic E-state index is 14.0. The maximum atomic E-state index is 14.0. The number of halogens is 5. The molecular formula is C32H30Cl2F3N7. The van der Waals surface area contributed by atoms with E-state index in [-0.39, 0.29) is 18.3 Å². The molecule has 1 saturated carbocycles. The van der Waals surface area contributed by atoms with Crippen LogP contribution in [-0.2, 0) is 0 Å². The fourth-order valence-electron chi connectivity index (χ4n) is 5.40. The van der Waals surface area contributed by atoms with E-state index in [0.29, 0.717) is 49.8 Å². The van der Waals surface area contributed by atoms with Gasteiger partial charge in [0.05, 0.1) is 33.5 Å². The van der Waals surface area contributed by atoms with E-state index in [0.717, 1.165) is 21.6 Å². The second-order valence-electron chi connectivity index (χ2n) is 12.3. The Labute approximate surface area is 263 Å². The average molecular weight is 641 g/mol. The van der Waals surface area contributed by atoms with Gasteiger partial charge in [-0.2, -0.15) is 13.2 Å². The zero-order valence-electron chi connectivity index (χ0n) is 24.2. The minimum atomic E-state index is -4.40. The number of nitrogens with zero attached hydrogens (tertiary/aromatic N) is 3. The van der Waals surface area contributed by atoms with Crippen LogP contribution in [0.5, 0.6) is 0 Å². The molecule has 1 aliphatic carbocycles. The molecule has 2 aromatic heterocycles. The van der Waals surface area contributed by atoms with E-state index >= 15 is 0 Å². The lowest BCUT2D eigenvalue weighted by molar-refractivity contribution is -0.195. The highest BCUT2D eigenvalue weighted by Crippen LogP contribution is 2.54. The minimum Gasteiger partial charge on any atom is -0.383 e. The fraction of sp³-hybridized carbons (Fsp3) is 0.312. The molecule has 0 amide bonds. The second kappa shape index (κ2) is 10.9. The van der Waals surface area contributed by atoms with E-state index in [1.807, 2.05) is 18.2 Å². The van der Waals surface area contributed by atoms with Gasteiger partial charge in [-0.05, 0) is 53.5 Å². The molecule has 228 valence electrons. The van der Waals surface area contributed by atoms with Crippen molar-refractivity contribution in [3.8, 4) is 12.3 Å². The Kier molecular flexibility index (Phi) is 7.47. The van der Waals surface area contributed by atoms with Crippen molar-refractivity contribution in [3.05, 3.63) is 82.0 Å². The quantitative estimate of drug-likeness (QED) is 0.153. The Hall–Kier alpha value is -3.91. The molecule has 0 radical (unpaired) electrons. The highest BCUT2D eigenvalue weighted by molar-refractivity contribution is 6.36. The van der Waals surface area contributed by atoms with Gasteiger partial charge in [-0.25, -0.2) is 0 Å². The highest BCUT2D eigenvalue weighted by atomic mass is 35.5. The zero-order valence-corrected chi connectivity index (χ0v) is 25.7. The summed E-state index contributed by atoms with van der Waals surface area (Å²) in [5, 5.41) is 11.2. The number of terminal acetylenes is 1. The largest absolute Gasteiger partial charge is 0.413 e. The van der Waals surface area contributed by atoms with Crippen molar-refractivity contribution in [2.24, 2.45) is 5.41 Å². The summed E-state index contributed by atoms with van der Waals surface area (Å²) in [7, 11) is 0. The molecule has 1 atom stereocenters. The van der Waals surface area contributed by atoms with E-state index in [9.17, 15) is 13.2 Å². The first-order chi connectivity index (χ1) is 20.8. The van der Waals surface area contributed by atoms with E-state index < -0.39 is 17.8 Å². The Balaban J connectivity index is 1.48. The molecule has 12 heteroatoms. The van der Waals surface area contributed by atoms with E-state index in [1.54, 1.807) is 30.7 Å². The molecular weight excluding hydrogens is 610 g/mol. The third-order valence-electron chi connectivity index (χ3n) is 7.91. The predicted octanol–water partition coefficient (Wildman–Crippen LogP) is 7.94. The van der Waals surface area contributed by atoms with Crippen molar-refractivity contribution in [2.75, 3.05) is 17.2 Å². The van der Waals surface area contributed by atoms with Crippen LogP contribution >= 0.6 is 23.2 Å². The smallest absolute Gasteiger partial charge is 0.383 e. The number of hydrogen-bond donors (Lipinski definition) is 4. The standard InChI is InChI=1S/C32H30Cl2F3N7/c1-5-18-14-39-28-22(27(18)40-17-30(2,3)4)12-19(13-25(28)34)41-29(21-6-7-24(33)23-15-38-11-8-20(21)23)26-16-44(43-42-26)31(9-10-31)32(35,36)37/h1,6-8,11-16,29,41-43H,9-10,17H2,2-4H3,(H,39,40)/t29-/m0/s1. The van der Waals surface area contributed by atoms with Gasteiger partial charge in [-0.15, -0.1) is 12.0 Å². The maximum Gasteiger partial charge on any atom is 0.413 e. The van der Waals surface area contributed by atoms with Gasteiger partial charge in [0.1, 0.15) is 0 Å². The summed E-state index contributed by atoms with van der Waals surface area (Å²) >= 11 is 13.3. The molecule has 0 bridgehead atoms. The monoisotopic (exact) mass is 639 g/mol. The number of benzene rings is 2. The Morgan fingerprint density at radius 1 is 1.07 bits per heavy atom.